The fourth-order valence-corrected chi connectivity index (χ4v) is 4.57. The third-order valence-electron chi connectivity index (χ3n) is 4.30. The van der Waals surface area contributed by atoms with E-state index >= 15 is 0 Å². The van der Waals surface area contributed by atoms with E-state index in [1.807, 2.05) is 6.07 Å². The molecule has 1 amide bonds. The molecule has 0 saturated carbocycles. The summed E-state index contributed by atoms with van der Waals surface area (Å²) in [4.78, 5) is 17.7. The van der Waals surface area contributed by atoms with Crippen LogP contribution < -0.4 is 4.74 Å². The Morgan fingerprint density at radius 1 is 1.08 bits per heavy atom. The van der Waals surface area contributed by atoms with E-state index in [0.717, 1.165) is 5.56 Å². The number of benzene rings is 2. The Morgan fingerprint density at radius 2 is 1.76 bits per heavy atom. The summed E-state index contributed by atoms with van der Waals surface area (Å²) >= 11 is 0. The van der Waals surface area contributed by atoms with Crippen LogP contribution in [0.1, 0.15) is 21.8 Å². The number of hydrogen-bond donors (Lipinski definition) is 0. The summed E-state index contributed by atoms with van der Waals surface area (Å²) in [6.07, 6.45) is 0. The van der Waals surface area contributed by atoms with Crippen molar-refractivity contribution in [3.05, 3.63) is 59.7 Å². The molecule has 2 aromatic carbocycles. The standard InChI is InChI=1S/C18H19NO5S/c1-23-14-7-9-15(10-8-14)25(21,22)12-13-11-19(24-2)18(20)17-6-4-3-5-16(13)17/h3-10,13H,11-12H2,1-2H3. The van der Waals surface area contributed by atoms with E-state index in [0.29, 0.717) is 11.3 Å². The highest BCUT2D eigenvalue weighted by Gasteiger charge is 2.34. The van der Waals surface area contributed by atoms with E-state index in [4.69, 9.17) is 9.57 Å². The number of hydroxylamine groups is 2. The highest BCUT2D eigenvalue weighted by Crippen LogP contribution is 2.31. The van der Waals surface area contributed by atoms with Crippen LogP contribution in [0.4, 0.5) is 0 Å². The van der Waals surface area contributed by atoms with Crippen LogP contribution in [0.15, 0.2) is 53.4 Å². The second-order valence-corrected chi connectivity index (χ2v) is 7.82. The summed E-state index contributed by atoms with van der Waals surface area (Å²) in [6, 6.07) is 13.3. The molecule has 0 spiro atoms. The first-order chi connectivity index (χ1) is 12.0. The van der Waals surface area contributed by atoms with Gasteiger partial charge in [-0.1, -0.05) is 18.2 Å². The zero-order valence-electron chi connectivity index (χ0n) is 14.0. The lowest BCUT2D eigenvalue weighted by Crippen LogP contribution is -2.41. The van der Waals surface area contributed by atoms with Crippen LogP contribution in [-0.4, -0.2) is 45.9 Å². The topological polar surface area (TPSA) is 72.9 Å². The van der Waals surface area contributed by atoms with Crippen LogP contribution in [0.3, 0.4) is 0 Å². The Balaban J connectivity index is 1.93. The lowest BCUT2D eigenvalue weighted by atomic mass is 9.91. The molecule has 6 nitrogen and oxygen atoms in total. The molecule has 1 unspecified atom stereocenters. The van der Waals surface area contributed by atoms with Gasteiger partial charge in [-0.05, 0) is 35.9 Å². The Kier molecular flexibility index (Phi) is 4.78. The summed E-state index contributed by atoms with van der Waals surface area (Å²) in [6.45, 7) is 0.196. The number of fused-ring (bicyclic) bond motifs is 1. The van der Waals surface area contributed by atoms with E-state index in [1.165, 1.54) is 31.4 Å². The van der Waals surface area contributed by atoms with Gasteiger partial charge in [0.25, 0.3) is 5.91 Å². The number of nitrogens with zero attached hydrogens (tertiary/aromatic N) is 1. The minimum Gasteiger partial charge on any atom is -0.497 e. The van der Waals surface area contributed by atoms with Gasteiger partial charge in [0, 0.05) is 11.5 Å². The minimum absolute atomic E-state index is 0.108. The van der Waals surface area contributed by atoms with Crippen molar-refractivity contribution < 1.29 is 22.8 Å². The second-order valence-electron chi connectivity index (χ2n) is 5.79. The molecule has 0 saturated heterocycles. The summed E-state index contributed by atoms with van der Waals surface area (Å²) < 4.78 is 30.7. The first kappa shape index (κ1) is 17.4. The minimum atomic E-state index is -3.53. The maximum Gasteiger partial charge on any atom is 0.277 e. The van der Waals surface area contributed by atoms with Gasteiger partial charge >= 0.3 is 0 Å². The van der Waals surface area contributed by atoms with Crippen LogP contribution in [0.5, 0.6) is 5.75 Å². The number of sulfone groups is 1. The Hall–Kier alpha value is -2.38. The molecule has 0 bridgehead atoms. The molecule has 25 heavy (non-hydrogen) atoms. The predicted octanol–water partition coefficient (Wildman–Crippen LogP) is 2.27. The molecule has 1 heterocycles. The Morgan fingerprint density at radius 3 is 2.40 bits per heavy atom. The van der Waals surface area contributed by atoms with Gasteiger partial charge in [0.15, 0.2) is 9.84 Å². The van der Waals surface area contributed by atoms with Crippen molar-refractivity contribution >= 4 is 15.7 Å². The fraction of sp³-hybridized carbons (Fsp3) is 0.278. The second kappa shape index (κ2) is 6.85. The van der Waals surface area contributed by atoms with Crippen molar-refractivity contribution in [1.82, 2.24) is 5.06 Å². The fourth-order valence-electron chi connectivity index (χ4n) is 3.01. The lowest BCUT2D eigenvalue weighted by molar-refractivity contribution is -0.100. The molecule has 0 aromatic heterocycles. The largest absolute Gasteiger partial charge is 0.497 e. The summed E-state index contributed by atoms with van der Waals surface area (Å²) in [7, 11) is -0.596. The lowest BCUT2D eigenvalue weighted by Gasteiger charge is -2.32. The number of carbonyl (C=O) groups is 1. The third-order valence-corrected chi connectivity index (χ3v) is 6.13. The van der Waals surface area contributed by atoms with Crippen molar-refractivity contribution in [3.8, 4) is 5.75 Å². The Labute approximate surface area is 146 Å². The zero-order valence-corrected chi connectivity index (χ0v) is 14.8. The van der Waals surface area contributed by atoms with Gasteiger partial charge in [-0.15, -0.1) is 0 Å². The number of amides is 1. The first-order valence-electron chi connectivity index (χ1n) is 7.78. The molecular formula is C18H19NO5S. The summed E-state index contributed by atoms with van der Waals surface area (Å²) in [5.41, 5.74) is 1.21. The molecule has 0 aliphatic carbocycles. The van der Waals surface area contributed by atoms with Gasteiger partial charge in [-0.2, -0.15) is 0 Å². The maximum absolute atomic E-state index is 12.8. The molecule has 132 valence electrons. The molecule has 0 fully saturated rings. The van der Waals surface area contributed by atoms with Crippen LogP contribution in [0, 0.1) is 0 Å². The molecule has 2 aromatic rings. The predicted molar refractivity (Wildman–Crippen MR) is 92.3 cm³/mol. The smallest absolute Gasteiger partial charge is 0.277 e. The number of hydrogen-bond acceptors (Lipinski definition) is 5. The summed E-state index contributed by atoms with van der Waals surface area (Å²) in [5, 5.41) is 1.20. The van der Waals surface area contributed by atoms with Crippen LogP contribution in [0.25, 0.3) is 0 Å². The number of carbonyl (C=O) groups excluding carboxylic acids is 1. The molecule has 1 aliphatic heterocycles. The van der Waals surface area contributed by atoms with Crippen molar-refractivity contribution in [2.45, 2.75) is 10.8 Å². The molecule has 0 N–H and O–H groups in total. The Bertz CT molecular complexity index is 877. The third kappa shape index (κ3) is 3.38. The normalized spacial score (nSPS) is 17.3. The monoisotopic (exact) mass is 361 g/mol. The van der Waals surface area contributed by atoms with Gasteiger partial charge in [0.1, 0.15) is 5.75 Å². The van der Waals surface area contributed by atoms with Gasteiger partial charge in [-0.25, -0.2) is 13.5 Å². The highest BCUT2D eigenvalue weighted by atomic mass is 32.2. The number of methoxy groups -OCH3 is 1. The summed E-state index contributed by atoms with van der Waals surface area (Å²) in [5.74, 6) is -0.126. The van der Waals surface area contributed by atoms with Gasteiger partial charge in [0.05, 0.1) is 31.4 Å². The van der Waals surface area contributed by atoms with Gasteiger partial charge < -0.3 is 4.74 Å². The van der Waals surface area contributed by atoms with E-state index in [-0.39, 0.29) is 29.0 Å². The van der Waals surface area contributed by atoms with E-state index in [9.17, 15) is 13.2 Å². The highest BCUT2D eigenvalue weighted by molar-refractivity contribution is 7.91. The molecule has 1 atom stereocenters. The van der Waals surface area contributed by atoms with Crippen molar-refractivity contribution in [1.29, 1.82) is 0 Å². The van der Waals surface area contributed by atoms with Gasteiger partial charge in [-0.3, -0.25) is 9.63 Å². The molecule has 7 heteroatoms. The molecular weight excluding hydrogens is 342 g/mol. The molecule has 0 radical (unpaired) electrons. The van der Waals surface area contributed by atoms with E-state index in [1.54, 1.807) is 30.3 Å². The SMILES string of the molecule is COc1ccc(S(=O)(=O)CC2CN(OC)C(=O)c3ccccc32)cc1. The average molecular weight is 361 g/mol. The number of ether oxygens (including phenoxy) is 1. The average Bonchev–Trinajstić information content (AvgIpc) is 2.64. The number of rotatable bonds is 5. The molecule has 3 rings (SSSR count). The van der Waals surface area contributed by atoms with Crippen molar-refractivity contribution in [2.75, 3.05) is 26.5 Å². The zero-order chi connectivity index (χ0) is 18.0. The molecule has 1 aliphatic rings. The van der Waals surface area contributed by atoms with Crippen LogP contribution in [0.2, 0.25) is 0 Å². The van der Waals surface area contributed by atoms with Crippen molar-refractivity contribution in [3.63, 3.8) is 0 Å². The quantitative estimate of drug-likeness (QED) is 0.817. The van der Waals surface area contributed by atoms with E-state index < -0.39 is 9.84 Å². The van der Waals surface area contributed by atoms with Gasteiger partial charge in [0.2, 0.25) is 0 Å². The maximum atomic E-state index is 12.8. The first-order valence-corrected chi connectivity index (χ1v) is 9.43. The van der Waals surface area contributed by atoms with E-state index in [2.05, 4.69) is 0 Å². The van der Waals surface area contributed by atoms with Crippen LogP contribution in [-0.2, 0) is 14.7 Å². The van der Waals surface area contributed by atoms with Crippen LogP contribution >= 0.6 is 0 Å². The van der Waals surface area contributed by atoms with Crippen molar-refractivity contribution in [2.24, 2.45) is 0 Å².